The largest absolute Gasteiger partial charge is 0.457 e. The molecule has 0 bridgehead atoms. The van der Waals surface area contributed by atoms with Crippen LogP contribution in [0.25, 0.3) is 11.1 Å². The molecule has 0 spiro atoms. The van der Waals surface area contributed by atoms with Crippen molar-refractivity contribution in [1.29, 1.82) is 0 Å². The van der Waals surface area contributed by atoms with Crippen molar-refractivity contribution in [3.63, 3.8) is 0 Å². The van der Waals surface area contributed by atoms with Crippen LogP contribution in [-0.4, -0.2) is 11.9 Å². The molecule has 2 aliphatic rings. The molecule has 30 heavy (non-hydrogen) atoms. The number of nitrogens with two attached hydrogens (primary N) is 1. The van der Waals surface area contributed by atoms with E-state index < -0.39 is 0 Å². The Kier molecular flexibility index (Phi) is 5.01. The van der Waals surface area contributed by atoms with Crippen molar-refractivity contribution in [3.8, 4) is 22.6 Å². The van der Waals surface area contributed by atoms with Gasteiger partial charge in [0.25, 0.3) is 5.91 Å². The summed E-state index contributed by atoms with van der Waals surface area (Å²) in [6, 6.07) is 22.6. The Hall–Kier alpha value is -3.11. The van der Waals surface area contributed by atoms with Crippen LogP contribution in [0.15, 0.2) is 66.7 Å². The summed E-state index contributed by atoms with van der Waals surface area (Å²) >= 11 is 0. The number of benzene rings is 3. The van der Waals surface area contributed by atoms with E-state index in [-0.39, 0.29) is 5.91 Å². The molecule has 0 radical (unpaired) electrons. The first-order chi connectivity index (χ1) is 14.7. The predicted octanol–water partition coefficient (Wildman–Crippen LogP) is 5.37. The number of amides is 1. The number of rotatable bonds is 4. The van der Waals surface area contributed by atoms with E-state index in [0.29, 0.717) is 18.5 Å². The van der Waals surface area contributed by atoms with E-state index in [9.17, 15) is 4.79 Å². The molecule has 152 valence electrons. The van der Waals surface area contributed by atoms with Crippen LogP contribution in [0.3, 0.4) is 0 Å². The van der Waals surface area contributed by atoms with Gasteiger partial charge >= 0.3 is 0 Å². The molecule has 1 fully saturated rings. The summed E-state index contributed by atoms with van der Waals surface area (Å²) in [5.41, 5.74) is 11.5. The molecule has 1 aliphatic heterocycles. The lowest BCUT2D eigenvalue weighted by molar-refractivity contribution is 0.0965. The molecule has 0 atom stereocenters. The van der Waals surface area contributed by atoms with Crippen LogP contribution in [0.1, 0.15) is 53.1 Å². The summed E-state index contributed by atoms with van der Waals surface area (Å²) in [7, 11) is 0. The zero-order chi connectivity index (χ0) is 20.5. The van der Waals surface area contributed by atoms with E-state index in [4.69, 9.17) is 10.5 Å². The van der Waals surface area contributed by atoms with Crippen molar-refractivity contribution >= 4 is 5.91 Å². The van der Waals surface area contributed by atoms with Gasteiger partial charge in [0.05, 0.1) is 0 Å². The number of nitrogens with one attached hydrogen (secondary N) is 1. The molecule has 0 unspecified atom stereocenters. The average molecular weight is 399 g/mol. The van der Waals surface area contributed by atoms with Gasteiger partial charge in [-0.3, -0.25) is 4.79 Å². The van der Waals surface area contributed by atoms with Crippen LogP contribution < -0.4 is 15.8 Å². The Morgan fingerprint density at radius 2 is 1.50 bits per heavy atom. The molecule has 0 aromatic heterocycles. The van der Waals surface area contributed by atoms with Gasteiger partial charge in [0.2, 0.25) is 0 Å². The molecule has 4 heteroatoms. The molecular formula is C26H26N2O2. The van der Waals surface area contributed by atoms with E-state index in [1.54, 1.807) is 0 Å². The van der Waals surface area contributed by atoms with Crippen LogP contribution in [0, 0.1) is 0 Å². The van der Waals surface area contributed by atoms with Gasteiger partial charge in [-0.2, -0.15) is 0 Å². The summed E-state index contributed by atoms with van der Waals surface area (Å²) in [6.07, 6.45) is 4.28. The van der Waals surface area contributed by atoms with E-state index in [1.165, 1.54) is 5.56 Å². The highest BCUT2D eigenvalue weighted by molar-refractivity contribution is 6.00. The van der Waals surface area contributed by atoms with Gasteiger partial charge < -0.3 is 15.8 Å². The summed E-state index contributed by atoms with van der Waals surface area (Å²) in [6.45, 7) is 0.585. The van der Waals surface area contributed by atoms with Crippen LogP contribution in [0.4, 0.5) is 0 Å². The van der Waals surface area contributed by atoms with Crippen molar-refractivity contribution in [3.05, 3.63) is 83.4 Å². The number of para-hydroxylation sites is 1. The zero-order valence-electron chi connectivity index (χ0n) is 16.9. The summed E-state index contributed by atoms with van der Waals surface area (Å²) in [4.78, 5) is 12.4. The average Bonchev–Trinajstić information content (AvgIpc) is 3.16. The summed E-state index contributed by atoms with van der Waals surface area (Å²) in [5.74, 6) is 2.12. The molecule has 3 aromatic rings. The smallest absolute Gasteiger partial charge is 0.251 e. The third-order valence-electron chi connectivity index (χ3n) is 6.33. The Bertz CT molecular complexity index is 1050. The van der Waals surface area contributed by atoms with Gasteiger partial charge in [0.15, 0.2) is 0 Å². The standard InChI is InChI=1S/C26H26N2O2/c27-20-10-6-17(7-11-20)19-14-23(25-16-28-26(29)24(25)15-19)18-8-12-22(13-9-18)30-21-4-2-1-3-5-21/h1-5,8-9,12-15,17,20H,6-7,10-11,16,27H2,(H,28,29). The first kappa shape index (κ1) is 18.9. The molecule has 4 nitrogen and oxygen atoms in total. The first-order valence-electron chi connectivity index (χ1n) is 10.7. The van der Waals surface area contributed by atoms with Crippen LogP contribution in [-0.2, 0) is 6.54 Å². The Labute approximate surface area is 177 Å². The van der Waals surface area contributed by atoms with Crippen LogP contribution >= 0.6 is 0 Å². The lowest BCUT2D eigenvalue weighted by atomic mass is 9.80. The second-order valence-corrected chi connectivity index (χ2v) is 8.33. The van der Waals surface area contributed by atoms with E-state index >= 15 is 0 Å². The molecule has 3 aromatic carbocycles. The van der Waals surface area contributed by atoms with Crippen molar-refractivity contribution < 1.29 is 9.53 Å². The highest BCUT2D eigenvalue weighted by Gasteiger charge is 2.27. The third kappa shape index (κ3) is 3.71. The van der Waals surface area contributed by atoms with Crippen molar-refractivity contribution in [2.45, 2.75) is 44.2 Å². The summed E-state index contributed by atoms with van der Waals surface area (Å²) in [5, 5.41) is 2.99. The van der Waals surface area contributed by atoms with Gasteiger partial charge in [-0.25, -0.2) is 0 Å². The van der Waals surface area contributed by atoms with Crippen molar-refractivity contribution in [1.82, 2.24) is 5.32 Å². The molecule has 3 N–H and O–H groups in total. The molecule has 1 aliphatic carbocycles. The zero-order valence-corrected chi connectivity index (χ0v) is 16.9. The fraction of sp³-hybridized carbons (Fsp3) is 0.269. The highest BCUT2D eigenvalue weighted by Crippen LogP contribution is 2.38. The lowest BCUT2D eigenvalue weighted by Crippen LogP contribution is -2.25. The topological polar surface area (TPSA) is 64.3 Å². The quantitative estimate of drug-likeness (QED) is 0.621. The maximum absolute atomic E-state index is 12.4. The summed E-state index contributed by atoms with van der Waals surface area (Å²) < 4.78 is 5.93. The van der Waals surface area contributed by atoms with Crippen molar-refractivity contribution in [2.24, 2.45) is 5.73 Å². The van der Waals surface area contributed by atoms with Gasteiger partial charge in [-0.1, -0.05) is 36.4 Å². The molecule has 1 saturated carbocycles. The van der Waals surface area contributed by atoms with E-state index in [0.717, 1.165) is 59.4 Å². The molecule has 0 saturated heterocycles. The fourth-order valence-corrected chi connectivity index (χ4v) is 4.62. The SMILES string of the molecule is NC1CCC(c2cc3c(c(-c4ccc(Oc5ccccc5)cc4)c2)CNC3=O)CC1. The van der Waals surface area contributed by atoms with Gasteiger partial charge in [-0.05, 0) is 84.2 Å². The van der Waals surface area contributed by atoms with Gasteiger partial charge in [0.1, 0.15) is 11.5 Å². The Morgan fingerprint density at radius 3 is 2.23 bits per heavy atom. The van der Waals surface area contributed by atoms with Gasteiger partial charge in [-0.15, -0.1) is 0 Å². The minimum Gasteiger partial charge on any atom is -0.457 e. The minimum atomic E-state index is 0.0321. The number of fused-ring (bicyclic) bond motifs is 1. The number of ether oxygens (including phenoxy) is 1. The maximum atomic E-state index is 12.4. The maximum Gasteiger partial charge on any atom is 0.251 e. The lowest BCUT2D eigenvalue weighted by Gasteiger charge is -2.27. The van der Waals surface area contributed by atoms with Crippen molar-refractivity contribution in [2.75, 3.05) is 0 Å². The van der Waals surface area contributed by atoms with E-state index in [2.05, 4.69) is 29.6 Å². The number of carbonyl (C=O) groups excluding carboxylic acids is 1. The monoisotopic (exact) mass is 398 g/mol. The predicted molar refractivity (Wildman–Crippen MR) is 119 cm³/mol. The molecular weight excluding hydrogens is 372 g/mol. The van der Waals surface area contributed by atoms with Crippen LogP contribution in [0.5, 0.6) is 11.5 Å². The van der Waals surface area contributed by atoms with Gasteiger partial charge in [0, 0.05) is 18.2 Å². The van der Waals surface area contributed by atoms with Crippen LogP contribution in [0.2, 0.25) is 0 Å². The number of hydrogen-bond acceptors (Lipinski definition) is 3. The second kappa shape index (κ2) is 7.96. The molecule has 5 rings (SSSR count). The fourth-order valence-electron chi connectivity index (χ4n) is 4.62. The Morgan fingerprint density at radius 1 is 0.833 bits per heavy atom. The first-order valence-corrected chi connectivity index (χ1v) is 10.7. The molecule has 1 heterocycles. The number of hydrogen-bond donors (Lipinski definition) is 2. The second-order valence-electron chi connectivity index (χ2n) is 8.33. The molecule has 1 amide bonds. The number of carbonyl (C=O) groups is 1. The highest BCUT2D eigenvalue weighted by atomic mass is 16.5. The Balaban J connectivity index is 1.47. The van der Waals surface area contributed by atoms with E-state index in [1.807, 2.05) is 42.5 Å². The normalized spacial score (nSPS) is 20.5. The third-order valence-corrected chi connectivity index (χ3v) is 6.33. The minimum absolute atomic E-state index is 0.0321.